The van der Waals surface area contributed by atoms with E-state index in [0.717, 1.165) is 17.5 Å². The molecule has 1 aliphatic heterocycles. The molecule has 152 valence electrons. The maximum Gasteiger partial charge on any atom is 0.407 e. The van der Waals surface area contributed by atoms with Gasteiger partial charge in [-0.25, -0.2) is 4.79 Å². The number of amides is 1. The van der Waals surface area contributed by atoms with Crippen LogP contribution in [0.3, 0.4) is 0 Å². The maximum absolute atomic E-state index is 12.4. The van der Waals surface area contributed by atoms with Crippen molar-refractivity contribution >= 4 is 6.09 Å². The number of ether oxygens (including phenoxy) is 2. The van der Waals surface area contributed by atoms with E-state index in [9.17, 15) is 9.90 Å². The molecule has 0 saturated heterocycles. The van der Waals surface area contributed by atoms with E-state index in [1.54, 1.807) is 6.07 Å². The van der Waals surface area contributed by atoms with Gasteiger partial charge in [0.15, 0.2) is 0 Å². The molecule has 30 heavy (non-hydrogen) atoms. The molecule has 0 fully saturated rings. The van der Waals surface area contributed by atoms with Crippen LogP contribution in [0.1, 0.15) is 34.3 Å². The monoisotopic (exact) mass is 401 g/mol. The number of alkyl carbamates (subject to hydrolysis) is 1. The summed E-state index contributed by atoms with van der Waals surface area (Å²) >= 11 is 0. The summed E-state index contributed by atoms with van der Waals surface area (Å²) in [5, 5.41) is 13.0. The molecule has 1 unspecified atom stereocenters. The highest BCUT2D eigenvalue weighted by atomic mass is 16.5. The minimum absolute atomic E-state index is 0.0267. The summed E-state index contributed by atoms with van der Waals surface area (Å²) in [7, 11) is 0. The Kier molecular flexibility index (Phi) is 4.89. The summed E-state index contributed by atoms with van der Waals surface area (Å²) < 4.78 is 11.4. The first kappa shape index (κ1) is 18.7. The molecular formula is C25H23NO4. The summed E-state index contributed by atoms with van der Waals surface area (Å²) in [5.74, 6) is 0.227. The van der Waals surface area contributed by atoms with Gasteiger partial charge in [-0.05, 0) is 40.3 Å². The Morgan fingerprint density at radius 2 is 1.70 bits per heavy atom. The van der Waals surface area contributed by atoms with Crippen molar-refractivity contribution in [2.24, 2.45) is 0 Å². The van der Waals surface area contributed by atoms with E-state index in [4.69, 9.17) is 9.47 Å². The van der Waals surface area contributed by atoms with Crippen LogP contribution >= 0.6 is 0 Å². The predicted octanol–water partition coefficient (Wildman–Crippen LogP) is 4.54. The van der Waals surface area contributed by atoms with Gasteiger partial charge in [0.2, 0.25) is 0 Å². The van der Waals surface area contributed by atoms with Gasteiger partial charge >= 0.3 is 6.09 Å². The standard InChI is InChI=1S/C25H23NO4/c27-22-11-5-6-16-12-13-29-23(24(16)22)14-26-25(28)30-15-21-19-9-3-1-7-17(19)18-8-2-4-10-20(18)21/h1-11,21,23,27H,12-15H2,(H,26,28). The van der Waals surface area contributed by atoms with E-state index in [2.05, 4.69) is 29.6 Å². The molecule has 2 aliphatic rings. The van der Waals surface area contributed by atoms with Crippen molar-refractivity contribution in [2.45, 2.75) is 18.4 Å². The van der Waals surface area contributed by atoms with E-state index in [1.165, 1.54) is 22.3 Å². The van der Waals surface area contributed by atoms with E-state index in [0.29, 0.717) is 6.61 Å². The molecular weight excluding hydrogens is 378 g/mol. The van der Waals surface area contributed by atoms with Crippen LogP contribution in [0.2, 0.25) is 0 Å². The fourth-order valence-corrected chi connectivity index (χ4v) is 4.57. The number of phenolic OH excluding ortho intramolecular Hbond substituents is 1. The Balaban J connectivity index is 1.24. The molecule has 0 radical (unpaired) electrons. The van der Waals surface area contributed by atoms with Crippen molar-refractivity contribution in [3.05, 3.63) is 89.0 Å². The van der Waals surface area contributed by atoms with Crippen molar-refractivity contribution in [3.63, 3.8) is 0 Å². The molecule has 1 aliphatic carbocycles. The summed E-state index contributed by atoms with van der Waals surface area (Å²) in [6.45, 7) is 1.09. The van der Waals surface area contributed by atoms with Gasteiger partial charge in [0, 0.05) is 11.5 Å². The van der Waals surface area contributed by atoms with Gasteiger partial charge in [-0.15, -0.1) is 0 Å². The lowest BCUT2D eigenvalue weighted by molar-refractivity contribution is 0.0392. The SMILES string of the molecule is O=C(NCC1OCCc2cccc(O)c21)OCC1c2ccccc2-c2ccccc21. The second-order valence-electron chi connectivity index (χ2n) is 7.67. The third kappa shape index (κ3) is 3.31. The largest absolute Gasteiger partial charge is 0.508 e. The number of benzene rings is 3. The van der Waals surface area contributed by atoms with Crippen LogP contribution in [0.25, 0.3) is 11.1 Å². The molecule has 5 rings (SSSR count). The van der Waals surface area contributed by atoms with Crippen LogP contribution < -0.4 is 5.32 Å². The van der Waals surface area contributed by atoms with Crippen LogP contribution in [-0.2, 0) is 15.9 Å². The van der Waals surface area contributed by atoms with Gasteiger partial charge in [-0.1, -0.05) is 60.7 Å². The summed E-state index contributed by atoms with van der Waals surface area (Å²) in [6, 6.07) is 22.0. The van der Waals surface area contributed by atoms with Gasteiger partial charge < -0.3 is 19.9 Å². The van der Waals surface area contributed by atoms with Crippen LogP contribution in [0.15, 0.2) is 66.7 Å². The fourth-order valence-electron chi connectivity index (χ4n) is 4.57. The minimum Gasteiger partial charge on any atom is -0.508 e. The minimum atomic E-state index is -0.483. The normalized spacial score (nSPS) is 17.0. The van der Waals surface area contributed by atoms with Crippen molar-refractivity contribution in [3.8, 4) is 16.9 Å². The number of carbonyl (C=O) groups excluding carboxylic acids is 1. The Hall–Kier alpha value is -3.31. The van der Waals surface area contributed by atoms with Gasteiger partial charge in [-0.3, -0.25) is 0 Å². The maximum atomic E-state index is 12.4. The average Bonchev–Trinajstić information content (AvgIpc) is 3.10. The van der Waals surface area contributed by atoms with Crippen molar-refractivity contribution in [1.82, 2.24) is 5.32 Å². The van der Waals surface area contributed by atoms with Gasteiger partial charge in [0.05, 0.1) is 13.2 Å². The highest BCUT2D eigenvalue weighted by Crippen LogP contribution is 2.44. The fraction of sp³-hybridized carbons (Fsp3) is 0.240. The van der Waals surface area contributed by atoms with Gasteiger partial charge in [0.1, 0.15) is 18.5 Å². The number of fused-ring (bicyclic) bond motifs is 4. The number of hydrogen-bond donors (Lipinski definition) is 2. The first-order valence-electron chi connectivity index (χ1n) is 10.2. The van der Waals surface area contributed by atoms with Crippen LogP contribution in [0.4, 0.5) is 4.79 Å². The third-order valence-corrected chi connectivity index (χ3v) is 5.96. The van der Waals surface area contributed by atoms with E-state index in [-0.39, 0.29) is 30.9 Å². The Labute approximate surface area is 175 Å². The highest BCUT2D eigenvalue weighted by molar-refractivity contribution is 5.79. The molecule has 3 aromatic carbocycles. The molecule has 0 aromatic heterocycles. The van der Waals surface area contributed by atoms with E-state index < -0.39 is 6.09 Å². The number of nitrogens with one attached hydrogen (secondary N) is 1. The Morgan fingerprint density at radius 1 is 1.00 bits per heavy atom. The van der Waals surface area contributed by atoms with Crippen molar-refractivity contribution in [1.29, 1.82) is 0 Å². The zero-order valence-corrected chi connectivity index (χ0v) is 16.5. The number of phenols is 1. The summed E-state index contributed by atoms with van der Waals surface area (Å²) in [5.41, 5.74) is 6.57. The lowest BCUT2D eigenvalue weighted by atomic mass is 9.96. The topological polar surface area (TPSA) is 67.8 Å². The second kappa shape index (κ2) is 7.84. The molecule has 0 spiro atoms. The van der Waals surface area contributed by atoms with E-state index in [1.807, 2.05) is 36.4 Å². The zero-order valence-electron chi connectivity index (χ0n) is 16.5. The van der Waals surface area contributed by atoms with Gasteiger partial charge in [-0.2, -0.15) is 0 Å². The first-order chi connectivity index (χ1) is 14.7. The highest BCUT2D eigenvalue weighted by Gasteiger charge is 2.29. The lowest BCUT2D eigenvalue weighted by Crippen LogP contribution is -2.33. The number of hydrogen-bond acceptors (Lipinski definition) is 4. The number of rotatable bonds is 4. The van der Waals surface area contributed by atoms with Crippen molar-refractivity contribution in [2.75, 3.05) is 19.8 Å². The van der Waals surface area contributed by atoms with E-state index >= 15 is 0 Å². The lowest BCUT2D eigenvalue weighted by Gasteiger charge is -2.27. The summed E-state index contributed by atoms with van der Waals surface area (Å²) in [6.07, 6.45) is -0.107. The Bertz CT molecular complexity index is 1050. The molecule has 0 saturated carbocycles. The molecule has 3 aromatic rings. The van der Waals surface area contributed by atoms with Gasteiger partial charge in [0.25, 0.3) is 0 Å². The predicted molar refractivity (Wildman–Crippen MR) is 114 cm³/mol. The second-order valence-corrected chi connectivity index (χ2v) is 7.67. The average molecular weight is 401 g/mol. The van der Waals surface area contributed by atoms with Crippen LogP contribution in [0.5, 0.6) is 5.75 Å². The summed E-state index contributed by atoms with van der Waals surface area (Å²) in [4.78, 5) is 12.4. The zero-order chi connectivity index (χ0) is 20.5. The molecule has 5 heteroatoms. The van der Waals surface area contributed by atoms with Crippen LogP contribution in [0, 0.1) is 0 Å². The number of carbonyl (C=O) groups is 1. The molecule has 5 nitrogen and oxygen atoms in total. The third-order valence-electron chi connectivity index (χ3n) is 5.96. The van der Waals surface area contributed by atoms with Crippen molar-refractivity contribution < 1.29 is 19.4 Å². The molecule has 0 bridgehead atoms. The van der Waals surface area contributed by atoms with Crippen LogP contribution in [-0.4, -0.2) is 31.0 Å². The quantitative estimate of drug-likeness (QED) is 0.673. The first-order valence-corrected chi connectivity index (χ1v) is 10.2. The Morgan fingerprint density at radius 3 is 2.43 bits per heavy atom. The molecule has 1 heterocycles. The number of aromatic hydroxyl groups is 1. The smallest absolute Gasteiger partial charge is 0.407 e. The molecule has 1 amide bonds. The molecule has 2 N–H and O–H groups in total. The molecule has 1 atom stereocenters.